The summed E-state index contributed by atoms with van der Waals surface area (Å²) in [5.74, 6) is -2.04. The smallest absolute Gasteiger partial charge is 0.475 e. The molecule has 13 heteroatoms. The van der Waals surface area contributed by atoms with Crippen LogP contribution >= 0.6 is 11.6 Å². The van der Waals surface area contributed by atoms with Gasteiger partial charge in [-0.2, -0.15) is 18.2 Å². The summed E-state index contributed by atoms with van der Waals surface area (Å²) in [5.41, 5.74) is 1.25. The summed E-state index contributed by atoms with van der Waals surface area (Å²) >= 11 is 5.83. The Hall–Kier alpha value is -3.15. The number of aromatic nitrogens is 2. The van der Waals surface area contributed by atoms with E-state index in [1.165, 1.54) is 18.2 Å². The van der Waals surface area contributed by atoms with E-state index in [0.29, 0.717) is 12.0 Å². The number of rotatable bonds is 5. The summed E-state index contributed by atoms with van der Waals surface area (Å²) < 4.78 is 45.2. The van der Waals surface area contributed by atoms with Crippen LogP contribution in [-0.2, 0) is 4.79 Å². The van der Waals surface area contributed by atoms with Crippen LogP contribution in [0.4, 0.5) is 29.3 Å². The van der Waals surface area contributed by atoms with Crippen molar-refractivity contribution >= 4 is 35.2 Å². The molecule has 0 unspecified atom stereocenters. The van der Waals surface area contributed by atoms with Crippen LogP contribution in [0.5, 0.6) is 0 Å². The van der Waals surface area contributed by atoms with E-state index in [1.54, 1.807) is 0 Å². The number of nitrogens with zero attached hydrogens (tertiary/aromatic N) is 3. The second kappa shape index (κ2) is 12.0. The van der Waals surface area contributed by atoms with Crippen LogP contribution in [0.3, 0.4) is 0 Å². The minimum Gasteiger partial charge on any atom is -0.475 e. The zero-order valence-corrected chi connectivity index (χ0v) is 20.0. The standard InChI is InChI=1S/C20H25ClFN5O.C2HF3O2/c1-12-11-23-20(27(2)3)26-18(12)24-16-4-6-17(7-5-16)25-19(28)13-8-14(21)10-15(22)9-13;3-2(4,5)1(6)7/h8-11,16-17H,4-7H2,1-3H3,(H,25,28)(H,23,24,26);(H,6,7)/t16-,17+;. The molecule has 2 aromatic rings. The topological polar surface area (TPSA) is 107 Å². The number of carbonyl (C=O) groups excluding carboxylic acids is 1. The average molecular weight is 520 g/mol. The Balaban J connectivity index is 0.000000540. The van der Waals surface area contributed by atoms with Gasteiger partial charge in [-0.25, -0.2) is 14.2 Å². The third-order valence-corrected chi connectivity index (χ3v) is 5.35. The van der Waals surface area contributed by atoms with Gasteiger partial charge in [-0.1, -0.05) is 11.6 Å². The summed E-state index contributed by atoms with van der Waals surface area (Å²) in [6, 6.07) is 4.23. The van der Waals surface area contributed by atoms with E-state index >= 15 is 0 Å². The summed E-state index contributed by atoms with van der Waals surface area (Å²) in [4.78, 5) is 32.0. The van der Waals surface area contributed by atoms with Gasteiger partial charge in [0.25, 0.3) is 5.91 Å². The molecule has 35 heavy (non-hydrogen) atoms. The molecule has 1 heterocycles. The molecule has 0 saturated heterocycles. The van der Waals surface area contributed by atoms with Crippen LogP contribution in [-0.4, -0.2) is 59.3 Å². The number of nitrogens with one attached hydrogen (secondary N) is 2. The molecule has 1 saturated carbocycles. The Morgan fingerprint density at radius 3 is 2.20 bits per heavy atom. The van der Waals surface area contributed by atoms with Gasteiger partial charge in [0.2, 0.25) is 5.95 Å². The highest BCUT2D eigenvalue weighted by Gasteiger charge is 2.38. The fraction of sp³-hybridized carbons (Fsp3) is 0.455. The Labute approximate surface area is 204 Å². The Kier molecular flexibility index (Phi) is 9.64. The SMILES string of the molecule is Cc1cnc(N(C)C)nc1N[C@H]1CC[C@@H](NC(=O)c2cc(F)cc(Cl)c2)CC1.O=C(O)C(F)(F)F. The Morgan fingerprint density at radius 2 is 1.69 bits per heavy atom. The highest BCUT2D eigenvalue weighted by atomic mass is 35.5. The molecule has 0 atom stereocenters. The number of anilines is 2. The quantitative estimate of drug-likeness (QED) is 0.502. The van der Waals surface area contributed by atoms with Crippen molar-refractivity contribution in [2.45, 2.75) is 50.9 Å². The fourth-order valence-electron chi connectivity index (χ4n) is 3.32. The molecule has 3 N–H and O–H groups in total. The molecular weight excluding hydrogens is 494 g/mol. The molecule has 0 bridgehead atoms. The predicted molar refractivity (Wildman–Crippen MR) is 123 cm³/mol. The van der Waals surface area contributed by atoms with Crippen LogP contribution in [0.25, 0.3) is 0 Å². The van der Waals surface area contributed by atoms with Crippen molar-refractivity contribution < 1.29 is 32.3 Å². The molecule has 1 fully saturated rings. The molecule has 1 aromatic carbocycles. The first-order valence-corrected chi connectivity index (χ1v) is 11.0. The number of hydrogen-bond acceptors (Lipinski definition) is 6. The van der Waals surface area contributed by atoms with E-state index in [1.807, 2.05) is 32.1 Å². The lowest BCUT2D eigenvalue weighted by molar-refractivity contribution is -0.192. The lowest BCUT2D eigenvalue weighted by atomic mass is 9.91. The van der Waals surface area contributed by atoms with Gasteiger partial charge in [-0.05, 0) is 50.8 Å². The number of carbonyl (C=O) groups is 2. The van der Waals surface area contributed by atoms with Gasteiger partial charge in [0.1, 0.15) is 11.6 Å². The van der Waals surface area contributed by atoms with Gasteiger partial charge in [0.05, 0.1) is 0 Å². The summed E-state index contributed by atoms with van der Waals surface area (Å²) in [6.45, 7) is 1.98. The number of carboxylic acid groups (broad SMARTS) is 1. The van der Waals surface area contributed by atoms with Gasteiger partial charge >= 0.3 is 12.1 Å². The van der Waals surface area contributed by atoms with Crippen molar-refractivity contribution in [3.8, 4) is 0 Å². The number of carboxylic acids is 1. The first-order chi connectivity index (χ1) is 16.3. The van der Waals surface area contributed by atoms with E-state index in [2.05, 4.69) is 20.6 Å². The van der Waals surface area contributed by atoms with E-state index in [9.17, 15) is 22.4 Å². The van der Waals surface area contributed by atoms with Crippen LogP contribution < -0.4 is 15.5 Å². The molecule has 0 aliphatic heterocycles. The average Bonchev–Trinajstić information content (AvgIpc) is 2.75. The van der Waals surface area contributed by atoms with Gasteiger partial charge in [0.15, 0.2) is 0 Å². The maximum absolute atomic E-state index is 13.4. The van der Waals surface area contributed by atoms with Crippen molar-refractivity contribution in [2.75, 3.05) is 24.3 Å². The maximum atomic E-state index is 13.4. The first-order valence-electron chi connectivity index (χ1n) is 10.6. The van der Waals surface area contributed by atoms with Crippen molar-refractivity contribution in [3.63, 3.8) is 0 Å². The highest BCUT2D eigenvalue weighted by Crippen LogP contribution is 2.24. The summed E-state index contributed by atoms with van der Waals surface area (Å²) in [7, 11) is 3.82. The number of alkyl halides is 3. The summed E-state index contributed by atoms with van der Waals surface area (Å²) in [5, 5.41) is 13.8. The van der Waals surface area contributed by atoms with Crippen LogP contribution in [0.15, 0.2) is 24.4 Å². The Bertz CT molecular complexity index is 1020. The largest absolute Gasteiger partial charge is 0.490 e. The monoisotopic (exact) mass is 519 g/mol. The fourth-order valence-corrected chi connectivity index (χ4v) is 3.55. The molecule has 1 aliphatic rings. The third-order valence-electron chi connectivity index (χ3n) is 5.13. The minimum absolute atomic E-state index is 0.0661. The highest BCUT2D eigenvalue weighted by molar-refractivity contribution is 6.31. The number of aryl methyl sites for hydroxylation is 1. The normalized spacial score (nSPS) is 17.6. The molecular formula is C22H26ClF4N5O3. The number of amides is 1. The van der Waals surface area contributed by atoms with Gasteiger partial charge in [-0.3, -0.25) is 4.79 Å². The molecule has 1 aromatic heterocycles. The summed E-state index contributed by atoms with van der Waals surface area (Å²) in [6.07, 6.45) is 0.250. The molecule has 3 rings (SSSR count). The zero-order chi connectivity index (χ0) is 26.3. The van der Waals surface area contributed by atoms with Crippen LogP contribution in [0.2, 0.25) is 5.02 Å². The lowest BCUT2D eigenvalue weighted by Gasteiger charge is -2.30. The van der Waals surface area contributed by atoms with Crippen molar-refractivity contribution in [1.29, 1.82) is 0 Å². The van der Waals surface area contributed by atoms with E-state index in [-0.39, 0.29) is 22.5 Å². The Morgan fingerprint density at radius 1 is 1.11 bits per heavy atom. The van der Waals surface area contributed by atoms with Crippen molar-refractivity contribution in [3.05, 3.63) is 46.4 Å². The van der Waals surface area contributed by atoms with Gasteiger partial charge in [0, 0.05) is 48.5 Å². The van der Waals surface area contributed by atoms with Gasteiger partial charge in [-0.15, -0.1) is 0 Å². The van der Waals surface area contributed by atoms with Crippen molar-refractivity contribution in [1.82, 2.24) is 15.3 Å². The maximum Gasteiger partial charge on any atom is 0.490 e. The first kappa shape index (κ1) is 28.1. The molecule has 192 valence electrons. The zero-order valence-electron chi connectivity index (χ0n) is 19.3. The van der Waals surface area contributed by atoms with E-state index < -0.39 is 18.0 Å². The van der Waals surface area contributed by atoms with E-state index in [0.717, 1.165) is 37.1 Å². The second-order valence-electron chi connectivity index (χ2n) is 8.22. The number of hydrogen-bond donors (Lipinski definition) is 3. The van der Waals surface area contributed by atoms with Crippen LogP contribution in [0.1, 0.15) is 41.6 Å². The lowest BCUT2D eigenvalue weighted by Crippen LogP contribution is -2.40. The van der Waals surface area contributed by atoms with Crippen molar-refractivity contribution in [2.24, 2.45) is 0 Å². The molecule has 0 spiro atoms. The molecule has 8 nitrogen and oxygen atoms in total. The number of aliphatic carboxylic acids is 1. The predicted octanol–water partition coefficient (Wildman–Crippen LogP) is 4.43. The number of halogens is 5. The van der Waals surface area contributed by atoms with E-state index in [4.69, 9.17) is 21.5 Å². The molecule has 1 amide bonds. The third kappa shape index (κ3) is 8.85. The molecule has 0 radical (unpaired) electrons. The minimum atomic E-state index is -5.08. The van der Waals surface area contributed by atoms with Crippen LogP contribution in [0, 0.1) is 12.7 Å². The second-order valence-corrected chi connectivity index (χ2v) is 8.66. The van der Waals surface area contributed by atoms with Gasteiger partial charge < -0.3 is 20.6 Å². The molecule has 1 aliphatic carbocycles. The number of benzene rings is 1.